The molecule has 6 heteroatoms. The van der Waals surface area contributed by atoms with Crippen molar-refractivity contribution in [2.45, 2.75) is 25.7 Å². The summed E-state index contributed by atoms with van der Waals surface area (Å²) in [5, 5.41) is 2.91. The first-order chi connectivity index (χ1) is 12.2. The van der Waals surface area contributed by atoms with Crippen molar-refractivity contribution >= 4 is 5.91 Å². The molecule has 1 fully saturated rings. The van der Waals surface area contributed by atoms with Gasteiger partial charge in [0.05, 0.1) is 6.54 Å². The van der Waals surface area contributed by atoms with Crippen LogP contribution in [0.25, 0.3) is 0 Å². The van der Waals surface area contributed by atoms with Gasteiger partial charge in [-0.25, -0.2) is 4.98 Å². The molecule has 25 heavy (non-hydrogen) atoms. The maximum Gasteiger partial charge on any atom is 0.236 e. The van der Waals surface area contributed by atoms with Crippen LogP contribution in [0, 0.1) is 6.92 Å². The van der Waals surface area contributed by atoms with Gasteiger partial charge < -0.3 is 15.0 Å². The van der Waals surface area contributed by atoms with Crippen molar-refractivity contribution in [3.05, 3.63) is 47.9 Å². The number of piperidine rings is 1. The monoisotopic (exact) mass is 340 g/mol. The molecule has 1 aromatic carbocycles. The van der Waals surface area contributed by atoms with E-state index in [0.29, 0.717) is 12.4 Å². The second-order valence-electron chi connectivity index (χ2n) is 6.31. The highest BCUT2D eigenvalue weighted by atomic mass is 16.5. The number of carbonyl (C=O) groups is 1. The zero-order valence-electron chi connectivity index (χ0n) is 14.7. The smallest absolute Gasteiger partial charge is 0.236 e. The number of hydrogen-bond acceptors (Lipinski definition) is 5. The lowest BCUT2D eigenvalue weighted by Gasteiger charge is -2.31. The number of carbonyl (C=O) groups excluding carboxylic acids is 1. The van der Waals surface area contributed by atoms with Gasteiger partial charge in [0.25, 0.3) is 0 Å². The minimum Gasteiger partial charge on any atom is -0.439 e. The van der Waals surface area contributed by atoms with Crippen LogP contribution in [0.5, 0.6) is 11.6 Å². The van der Waals surface area contributed by atoms with Gasteiger partial charge in [-0.05, 0) is 38.9 Å². The van der Waals surface area contributed by atoms with Crippen LogP contribution < -0.4 is 10.1 Å². The molecule has 3 rings (SSSR count). The lowest BCUT2D eigenvalue weighted by atomic mass is 9.95. The van der Waals surface area contributed by atoms with Crippen molar-refractivity contribution < 1.29 is 9.53 Å². The average molecular weight is 340 g/mol. The molecule has 1 aromatic heterocycles. The number of amides is 1. The summed E-state index contributed by atoms with van der Waals surface area (Å²) in [6.07, 6.45) is 1.76. The molecule has 0 bridgehead atoms. The molecule has 1 amide bonds. The van der Waals surface area contributed by atoms with Crippen LogP contribution in [0.3, 0.4) is 0 Å². The zero-order chi connectivity index (χ0) is 17.6. The number of aromatic nitrogens is 2. The van der Waals surface area contributed by atoms with E-state index in [-0.39, 0.29) is 11.8 Å². The SMILES string of the molecule is CNCC(=O)N1CCC(c2nc(C)cc(Oc3ccccc3)n2)CC1. The van der Waals surface area contributed by atoms with E-state index >= 15 is 0 Å². The fourth-order valence-electron chi connectivity index (χ4n) is 3.06. The molecule has 0 aliphatic carbocycles. The summed E-state index contributed by atoms with van der Waals surface area (Å²) in [5.74, 6) is 2.56. The zero-order valence-corrected chi connectivity index (χ0v) is 14.7. The van der Waals surface area contributed by atoms with Gasteiger partial charge >= 0.3 is 0 Å². The molecule has 1 saturated heterocycles. The van der Waals surface area contributed by atoms with Gasteiger partial charge in [0.2, 0.25) is 11.8 Å². The molecule has 2 aromatic rings. The molecule has 0 spiro atoms. The van der Waals surface area contributed by atoms with Gasteiger partial charge in [0.15, 0.2) is 0 Å². The Morgan fingerprint density at radius 1 is 1.24 bits per heavy atom. The van der Waals surface area contributed by atoms with Crippen molar-refractivity contribution in [2.24, 2.45) is 0 Å². The molecule has 0 unspecified atom stereocenters. The number of likely N-dealkylation sites (N-methyl/N-ethyl adjacent to an activating group) is 1. The van der Waals surface area contributed by atoms with E-state index in [1.165, 1.54) is 0 Å². The molecular formula is C19H24N4O2. The van der Waals surface area contributed by atoms with Gasteiger partial charge in [-0.2, -0.15) is 4.98 Å². The number of nitrogens with zero attached hydrogens (tertiary/aromatic N) is 3. The van der Waals surface area contributed by atoms with Gasteiger partial charge in [-0.1, -0.05) is 18.2 Å². The molecule has 1 aliphatic heterocycles. The Labute approximate surface area is 148 Å². The summed E-state index contributed by atoms with van der Waals surface area (Å²) in [4.78, 5) is 23.1. The summed E-state index contributed by atoms with van der Waals surface area (Å²) < 4.78 is 5.86. The van der Waals surface area contributed by atoms with Crippen LogP contribution in [0.15, 0.2) is 36.4 Å². The minimum atomic E-state index is 0.152. The number of nitrogens with one attached hydrogen (secondary N) is 1. The van der Waals surface area contributed by atoms with Crippen molar-refractivity contribution in [3.8, 4) is 11.6 Å². The van der Waals surface area contributed by atoms with Crippen molar-refractivity contribution in [1.29, 1.82) is 0 Å². The number of hydrogen-bond donors (Lipinski definition) is 1. The summed E-state index contributed by atoms with van der Waals surface area (Å²) in [6.45, 7) is 3.84. The minimum absolute atomic E-state index is 0.152. The van der Waals surface area contributed by atoms with Crippen molar-refractivity contribution in [2.75, 3.05) is 26.7 Å². The van der Waals surface area contributed by atoms with Crippen LogP contribution >= 0.6 is 0 Å². The molecule has 1 aliphatic rings. The number of rotatable bonds is 5. The van der Waals surface area contributed by atoms with E-state index in [4.69, 9.17) is 4.74 Å². The van der Waals surface area contributed by atoms with Crippen LogP contribution in [0.2, 0.25) is 0 Å². The highest BCUT2D eigenvalue weighted by Gasteiger charge is 2.25. The van der Waals surface area contributed by atoms with Gasteiger partial charge in [0, 0.05) is 30.8 Å². The van der Waals surface area contributed by atoms with E-state index in [2.05, 4.69) is 15.3 Å². The maximum atomic E-state index is 12.0. The summed E-state index contributed by atoms with van der Waals surface area (Å²) >= 11 is 0. The summed E-state index contributed by atoms with van der Waals surface area (Å²) in [6, 6.07) is 11.5. The highest BCUT2D eigenvalue weighted by Crippen LogP contribution is 2.28. The standard InChI is InChI=1S/C19H24N4O2/c1-14-12-17(25-16-6-4-3-5-7-16)22-19(21-14)15-8-10-23(11-9-15)18(24)13-20-2/h3-7,12,15,20H,8-11,13H2,1-2H3. The lowest BCUT2D eigenvalue weighted by Crippen LogP contribution is -2.42. The third-order valence-electron chi connectivity index (χ3n) is 4.35. The second kappa shape index (κ2) is 8.07. The Bertz CT molecular complexity index is 713. The predicted molar refractivity (Wildman–Crippen MR) is 95.8 cm³/mol. The molecule has 6 nitrogen and oxygen atoms in total. The van der Waals surface area contributed by atoms with E-state index in [1.807, 2.05) is 48.2 Å². The first kappa shape index (κ1) is 17.4. The number of para-hydroxylation sites is 1. The fourth-order valence-corrected chi connectivity index (χ4v) is 3.06. The molecule has 0 atom stereocenters. The molecule has 132 valence electrons. The van der Waals surface area contributed by atoms with E-state index in [1.54, 1.807) is 7.05 Å². The van der Waals surface area contributed by atoms with Crippen LogP contribution in [0.4, 0.5) is 0 Å². The molecular weight excluding hydrogens is 316 g/mol. The molecule has 2 heterocycles. The van der Waals surface area contributed by atoms with E-state index in [0.717, 1.165) is 43.2 Å². The average Bonchev–Trinajstić information content (AvgIpc) is 2.62. The fraction of sp³-hybridized carbons (Fsp3) is 0.421. The number of likely N-dealkylation sites (tertiary alicyclic amines) is 1. The van der Waals surface area contributed by atoms with Gasteiger partial charge in [-0.3, -0.25) is 4.79 Å². The normalized spacial score (nSPS) is 15.2. The highest BCUT2D eigenvalue weighted by molar-refractivity contribution is 5.78. The number of aryl methyl sites for hydroxylation is 1. The van der Waals surface area contributed by atoms with Crippen LogP contribution in [-0.2, 0) is 4.79 Å². The second-order valence-corrected chi connectivity index (χ2v) is 6.31. The number of benzene rings is 1. The molecule has 0 radical (unpaired) electrons. The van der Waals surface area contributed by atoms with E-state index in [9.17, 15) is 4.79 Å². The topological polar surface area (TPSA) is 67.4 Å². The Kier molecular flexibility index (Phi) is 5.60. The third kappa shape index (κ3) is 4.54. The quantitative estimate of drug-likeness (QED) is 0.906. The largest absolute Gasteiger partial charge is 0.439 e. The van der Waals surface area contributed by atoms with Gasteiger partial charge in [0.1, 0.15) is 11.6 Å². The maximum absolute atomic E-state index is 12.0. The summed E-state index contributed by atoms with van der Waals surface area (Å²) in [7, 11) is 1.79. The Morgan fingerprint density at radius 3 is 2.64 bits per heavy atom. The predicted octanol–water partition coefficient (Wildman–Crippen LogP) is 2.50. The first-order valence-electron chi connectivity index (χ1n) is 8.66. The van der Waals surface area contributed by atoms with Crippen LogP contribution in [-0.4, -0.2) is 47.5 Å². The van der Waals surface area contributed by atoms with Crippen molar-refractivity contribution in [1.82, 2.24) is 20.2 Å². The third-order valence-corrected chi connectivity index (χ3v) is 4.35. The van der Waals surface area contributed by atoms with Gasteiger partial charge in [-0.15, -0.1) is 0 Å². The Morgan fingerprint density at radius 2 is 1.96 bits per heavy atom. The Balaban J connectivity index is 1.68. The van der Waals surface area contributed by atoms with Crippen molar-refractivity contribution in [3.63, 3.8) is 0 Å². The van der Waals surface area contributed by atoms with E-state index < -0.39 is 0 Å². The Hall–Kier alpha value is -2.47. The first-order valence-corrected chi connectivity index (χ1v) is 8.66. The number of ether oxygens (including phenoxy) is 1. The molecule has 1 N–H and O–H groups in total. The molecule has 0 saturated carbocycles. The van der Waals surface area contributed by atoms with Crippen LogP contribution in [0.1, 0.15) is 30.3 Å². The summed E-state index contributed by atoms with van der Waals surface area (Å²) in [5.41, 5.74) is 0.893. The lowest BCUT2D eigenvalue weighted by molar-refractivity contribution is -0.131.